The Morgan fingerprint density at radius 3 is 1.96 bits per heavy atom. The molecule has 2 aromatic rings. The van der Waals surface area contributed by atoms with E-state index in [1.165, 1.54) is 24.3 Å². The van der Waals surface area contributed by atoms with Crippen LogP contribution in [0.5, 0.6) is 5.75 Å². The van der Waals surface area contributed by atoms with E-state index in [4.69, 9.17) is 23.7 Å². The molecule has 17 heteroatoms. The summed E-state index contributed by atoms with van der Waals surface area (Å²) in [5.41, 5.74) is -3.96. The third kappa shape index (κ3) is 8.73. The van der Waals surface area contributed by atoms with Crippen molar-refractivity contribution in [1.82, 2.24) is 0 Å². The van der Waals surface area contributed by atoms with Crippen LogP contribution in [0.4, 0.5) is 13.2 Å². The zero-order chi connectivity index (χ0) is 34.6. The van der Waals surface area contributed by atoms with Gasteiger partial charge in [0, 0.05) is 33.3 Å². The largest absolute Gasteiger partial charge is 0.534 e. The minimum Gasteiger partial charge on any atom is -0.463 e. The Bertz CT molecular complexity index is 1570. The molecule has 1 fully saturated rings. The molecule has 46 heavy (non-hydrogen) atoms. The van der Waals surface area contributed by atoms with Gasteiger partial charge in [-0.15, -0.1) is 0 Å². The summed E-state index contributed by atoms with van der Waals surface area (Å²) in [5.74, 6) is -6.57. The molecule has 252 valence electrons. The molecule has 13 nitrogen and oxygen atoms in total. The Morgan fingerprint density at radius 2 is 1.43 bits per heavy atom. The van der Waals surface area contributed by atoms with Gasteiger partial charge in [-0.1, -0.05) is 24.3 Å². The first-order chi connectivity index (χ1) is 21.2. The maximum Gasteiger partial charge on any atom is 0.534 e. The van der Waals surface area contributed by atoms with Gasteiger partial charge in [0.25, 0.3) is 0 Å². The number of rotatable bonds is 10. The summed E-state index contributed by atoms with van der Waals surface area (Å²) < 4.78 is 91.9. The van der Waals surface area contributed by atoms with Crippen LogP contribution in [0, 0.1) is 6.92 Å². The first-order valence-electron chi connectivity index (χ1n) is 13.5. The van der Waals surface area contributed by atoms with E-state index in [-0.39, 0.29) is 12.0 Å². The van der Waals surface area contributed by atoms with Gasteiger partial charge >= 0.3 is 39.5 Å². The standard InChI is InChI=1S/C29H31F3O13S/c1-15-6-9-22(13-21(15)12-20-7-10-23(11-8-20)45-46(38,39)29(30,31)32)28(37)27(43-19(5)36)26(42-18(4)35)25(41-17(3)34)24(44-28)14-40-16(2)33/h6-11,13,24-27,37H,12,14H2,1-5H3/t24-,25-,26+,27-,28-/m1/s1. The Hall–Kier alpha value is -4.22. The van der Waals surface area contributed by atoms with Crippen LogP contribution < -0.4 is 4.18 Å². The second-order valence-corrected chi connectivity index (χ2v) is 11.8. The van der Waals surface area contributed by atoms with E-state index in [9.17, 15) is 45.9 Å². The number of aliphatic hydroxyl groups is 1. The monoisotopic (exact) mass is 676 g/mol. The smallest absolute Gasteiger partial charge is 0.463 e. The van der Waals surface area contributed by atoms with Crippen molar-refractivity contribution in [3.8, 4) is 5.75 Å². The topological polar surface area (TPSA) is 178 Å². The lowest BCUT2D eigenvalue weighted by molar-refractivity contribution is -0.360. The number of carbonyl (C=O) groups excluding carboxylic acids is 4. The van der Waals surface area contributed by atoms with Gasteiger partial charge < -0.3 is 33.0 Å². The molecule has 0 amide bonds. The summed E-state index contributed by atoms with van der Waals surface area (Å²) in [5, 5.41) is 12.1. The number of halogens is 3. The number of alkyl halides is 3. The fraction of sp³-hybridized carbons (Fsp3) is 0.448. The summed E-state index contributed by atoms with van der Waals surface area (Å²) in [7, 11) is -5.87. The number of ether oxygens (including phenoxy) is 5. The van der Waals surface area contributed by atoms with Crippen LogP contribution in [0.15, 0.2) is 42.5 Å². The summed E-state index contributed by atoms with van der Waals surface area (Å²) in [6.45, 7) is 5.34. The minimum absolute atomic E-state index is 0.0261. The molecule has 0 aromatic heterocycles. The number of aryl methyl sites for hydroxylation is 1. The van der Waals surface area contributed by atoms with E-state index in [0.29, 0.717) is 16.7 Å². The molecule has 1 aliphatic rings. The highest BCUT2D eigenvalue weighted by Gasteiger charge is 2.60. The fourth-order valence-corrected chi connectivity index (χ4v) is 5.11. The highest BCUT2D eigenvalue weighted by molar-refractivity contribution is 7.88. The maximum absolute atomic E-state index is 12.7. The van der Waals surface area contributed by atoms with Crippen molar-refractivity contribution in [2.24, 2.45) is 0 Å². The molecule has 0 saturated carbocycles. The average molecular weight is 677 g/mol. The van der Waals surface area contributed by atoms with Crippen LogP contribution in [0.25, 0.3) is 0 Å². The highest BCUT2D eigenvalue weighted by Crippen LogP contribution is 2.41. The summed E-state index contributed by atoms with van der Waals surface area (Å²) in [4.78, 5) is 47.9. The molecule has 1 N–H and O–H groups in total. The number of hydrogen-bond acceptors (Lipinski definition) is 13. The third-order valence-electron chi connectivity index (χ3n) is 6.62. The van der Waals surface area contributed by atoms with Crippen LogP contribution in [0.3, 0.4) is 0 Å². The van der Waals surface area contributed by atoms with Crippen LogP contribution in [-0.4, -0.2) is 73.9 Å². The average Bonchev–Trinajstić information content (AvgIpc) is 2.92. The molecule has 1 heterocycles. The van der Waals surface area contributed by atoms with E-state index >= 15 is 0 Å². The summed E-state index contributed by atoms with van der Waals surface area (Å²) in [6, 6.07) is 9.19. The Kier molecular flexibility index (Phi) is 11.1. The highest BCUT2D eigenvalue weighted by atomic mass is 32.2. The maximum atomic E-state index is 12.7. The molecule has 0 unspecified atom stereocenters. The lowest BCUT2D eigenvalue weighted by Crippen LogP contribution is -2.66. The number of hydrogen-bond donors (Lipinski definition) is 1. The van der Waals surface area contributed by atoms with Crippen molar-refractivity contribution in [3.05, 3.63) is 64.7 Å². The summed E-state index contributed by atoms with van der Waals surface area (Å²) in [6.07, 6.45) is -6.29. The van der Waals surface area contributed by atoms with Gasteiger partial charge in [-0.25, -0.2) is 0 Å². The second kappa shape index (κ2) is 14.0. The molecular weight excluding hydrogens is 645 g/mol. The molecule has 2 aromatic carbocycles. The van der Waals surface area contributed by atoms with Crippen LogP contribution >= 0.6 is 0 Å². The van der Waals surface area contributed by atoms with Crippen LogP contribution in [-0.2, 0) is 65.2 Å². The first-order valence-corrected chi connectivity index (χ1v) is 14.9. The first kappa shape index (κ1) is 36.3. The molecule has 0 aliphatic carbocycles. The minimum atomic E-state index is -5.87. The molecule has 1 aliphatic heterocycles. The molecule has 0 spiro atoms. The summed E-state index contributed by atoms with van der Waals surface area (Å²) >= 11 is 0. The third-order valence-corrected chi connectivity index (χ3v) is 7.60. The van der Waals surface area contributed by atoms with E-state index in [2.05, 4.69) is 4.18 Å². The quantitative estimate of drug-likeness (QED) is 0.168. The Labute approximate surface area is 261 Å². The molecule has 1 saturated heterocycles. The lowest BCUT2D eigenvalue weighted by atomic mass is 9.85. The van der Waals surface area contributed by atoms with Gasteiger partial charge in [-0.2, -0.15) is 21.6 Å². The molecule has 5 atom stereocenters. The van der Waals surface area contributed by atoms with E-state index in [1.807, 2.05) is 0 Å². The molecule has 0 bridgehead atoms. The molecule has 3 rings (SSSR count). The van der Waals surface area contributed by atoms with Crippen molar-refractivity contribution in [2.75, 3.05) is 6.61 Å². The van der Waals surface area contributed by atoms with Crippen molar-refractivity contribution < 1.29 is 73.7 Å². The van der Waals surface area contributed by atoms with E-state index < -0.39 is 82.1 Å². The van der Waals surface area contributed by atoms with Gasteiger partial charge in [0.15, 0.2) is 12.2 Å². The predicted octanol–water partition coefficient (Wildman–Crippen LogP) is 2.72. The lowest BCUT2D eigenvalue weighted by Gasteiger charge is -2.48. The van der Waals surface area contributed by atoms with Crippen LogP contribution in [0.1, 0.15) is 49.9 Å². The van der Waals surface area contributed by atoms with Crippen molar-refractivity contribution in [1.29, 1.82) is 0 Å². The van der Waals surface area contributed by atoms with Crippen molar-refractivity contribution in [2.45, 2.75) is 76.8 Å². The van der Waals surface area contributed by atoms with Crippen molar-refractivity contribution >= 4 is 34.0 Å². The van der Waals surface area contributed by atoms with Gasteiger partial charge in [0.2, 0.25) is 11.9 Å². The van der Waals surface area contributed by atoms with Gasteiger partial charge in [0.05, 0.1) is 0 Å². The van der Waals surface area contributed by atoms with E-state index in [1.54, 1.807) is 13.0 Å². The predicted molar refractivity (Wildman–Crippen MR) is 148 cm³/mol. The number of carbonyl (C=O) groups is 4. The van der Waals surface area contributed by atoms with Crippen LogP contribution in [0.2, 0.25) is 0 Å². The SMILES string of the molecule is CC(=O)OC[C@H]1O[C@](O)(c2ccc(C)c(Cc3ccc(OS(=O)(=O)C(F)(F)F)cc3)c2)[C@H](OC(C)=O)[C@@H](OC(C)=O)[C@@H]1OC(C)=O. The zero-order valence-electron chi connectivity index (χ0n) is 25.2. The van der Waals surface area contributed by atoms with Gasteiger partial charge in [-0.05, 0) is 48.2 Å². The normalized spacial score (nSPS) is 23.2. The number of esters is 4. The van der Waals surface area contributed by atoms with E-state index in [0.717, 1.165) is 39.8 Å². The zero-order valence-corrected chi connectivity index (χ0v) is 26.0. The Balaban J connectivity index is 2.06. The van der Waals surface area contributed by atoms with Gasteiger partial charge in [-0.3, -0.25) is 19.2 Å². The van der Waals surface area contributed by atoms with Crippen molar-refractivity contribution in [3.63, 3.8) is 0 Å². The fourth-order valence-electron chi connectivity index (χ4n) is 4.65. The second-order valence-electron chi connectivity index (χ2n) is 10.3. The Morgan fingerprint density at radius 1 is 0.870 bits per heavy atom. The number of benzene rings is 2. The molecular formula is C29H31F3O13S. The van der Waals surface area contributed by atoms with Gasteiger partial charge in [0.1, 0.15) is 18.5 Å². The molecule has 0 radical (unpaired) electrons.